The minimum atomic E-state index is -2.62. The van der Waals surface area contributed by atoms with Crippen LogP contribution in [0.1, 0.15) is 0 Å². The molecule has 2 heteroatoms. The van der Waals surface area contributed by atoms with Gasteiger partial charge >= 0.3 is 0 Å². The third kappa shape index (κ3) is 4.25. The van der Waals surface area contributed by atoms with Gasteiger partial charge in [-0.15, -0.1) is 0 Å². The molecule has 0 unspecified atom stereocenters. The summed E-state index contributed by atoms with van der Waals surface area (Å²) in [5.41, 5.74) is 11.2. The highest BCUT2D eigenvalue weighted by Crippen LogP contribution is 2.38. The number of hydrogen-bond donors (Lipinski definition) is 0. The molecule has 0 N–H and O–H groups in total. The average Bonchev–Trinajstić information content (AvgIpc) is 3.69. The Balaban J connectivity index is 1.27. The third-order valence-corrected chi connectivity index (χ3v) is 15.5. The van der Waals surface area contributed by atoms with Gasteiger partial charge in [0.1, 0.15) is 0 Å². The van der Waals surface area contributed by atoms with Crippen molar-refractivity contribution in [1.82, 2.24) is 4.57 Å². The number of aromatic nitrogens is 1. The molecule has 0 saturated heterocycles. The first-order chi connectivity index (χ1) is 24.8. The molecule has 0 radical (unpaired) electrons. The van der Waals surface area contributed by atoms with Gasteiger partial charge in [-0.3, -0.25) is 0 Å². The standard InChI is InChI=1S/C48H33NSi/c1-5-15-34(16-6-1)36-25-29-45-43(31-36)44-32-37(35-17-7-2-8-18-35)26-30-46(44)49(45)38-27-28-42-41-23-13-14-24-47(41)50(48(42)33-38,39-19-9-3-10-20-39)40-21-11-4-12-22-40/h1-33H. The maximum Gasteiger partial charge on any atom is 0.180 e. The Morgan fingerprint density at radius 1 is 0.320 bits per heavy atom. The number of hydrogen-bond acceptors (Lipinski definition) is 0. The third-order valence-electron chi connectivity index (χ3n) is 10.7. The molecule has 8 aromatic carbocycles. The zero-order valence-corrected chi connectivity index (χ0v) is 28.5. The Kier molecular flexibility index (Phi) is 6.58. The highest BCUT2D eigenvalue weighted by atomic mass is 28.3. The number of rotatable bonds is 5. The number of fused-ring (bicyclic) bond motifs is 6. The lowest BCUT2D eigenvalue weighted by atomic mass is 10.0. The molecule has 0 saturated carbocycles. The first-order valence-electron chi connectivity index (χ1n) is 17.4. The molecule has 1 aromatic heterocycles. The summed E-state index contributed by atoms with van der Waals surface area (Å²) in [6, 6.07) is 74.3. The molecular formula is C48H33NSi. The highest BCUT2D eigenvalue weighted by molar-refractivity contribution is 7.22. The van der Waals surface area contributed by atoms with Gasteiger partial charge in [-0.2, -0.15) is 0 Å². The van der Waals surface area contributed by atoms with Crippen LogP contribution in [-0.4, -0.2) is 12.6 Å². The summed E-state index contributed by atoms with van der Waals surface area (Å²) < 4.78 is 2.49. The van der Waals surface area contributed by atoms with Gasteiger partial charge in [0.15, 0.2) is 8.07 Å². The molecule has 1 nitrogen and oxygen atoms in total. The number of nitrogens with zero attached hydrogens (tertiary/aromatic N) is 1. The SMILES string of the molecule is c1ccc(-c2ccc3c(c2)c2cc(-c4ccccc4)ccc2n3-c2ccc3c(c2)[Si](c2ccccc2)(c2ccccc2)c2ccccc2-3)cc1. The van der Waals surface area contributed by atoms with Crippen molar-refractivity contribution < 1.29 is 0 Å². The van der Waals surface area contributed by atoms with E-state index in [1.165, 1.54) is 81.6 Å². The van der Waals surface area contributed by atoms with Gasteiger partial charge in [0.05, 0.1) is 11.0 Å². The van der Waals surface area contributed by atoms with Crippen LogP contribution in [-0.2, 0) is 0 Å². The van der Waals surface area contributed by atoms with Gasteiger partial charge in [0, 0.05) is 16.5 Å². The summed E-state index contributed by atoms with van der Waals surface area (Å²) in [6.45, 7) is 0. The van der Waals surface area contributed by atoms with Crippen molar-refractivity contribution in [1.29, 1.82) is 0 Å². The van der Waals surface area contributed by atoms with E-state index in [0.29, 0.717) is 0 Å². The van der Waals surface area contributed by atoms with Crippen molar-refractivity contribution >= 4 is 50.6 Å². The Hall–Kier alpha value is -6.22. The van der Waals surface area contributed by atoms with Crippen molar-refractivity contribution in [3.05, 3.63) is 200 Å². The van der Waals surface area contributed by atoms with E-state index in [1.807, 2.05) is 0 Å². The monoisotopic (exact) mass is 651 g/mol. The van der Waals surface area contributed by atoms with E-state index < -0.39 is 8.07 Å². The van der Waals surface area contributed by atoms with Crippen LogP contribution < -0.4 is 20.7 Å². The van der Waals surface area contributed by atoms with E-state index in [4.69, 9.17) is 0 Å². The Bertz CT molecular complexity index is 2540. The van der Waals surface area contributed by atoms with E-state index in [2.05, 4.69) is 205 Å². The Morgan fingerprint density at radius 3 is 1.32 bits per heavy atom. The largest absolute Gasteiger partial charge is 0.309 e. The van der Waals surface area contributed by atoms with Crippen molar-refractivity contribution in [2.75, 3.05) is 0 Å². The van der Waals surface area contributed by atoms with Crippen LogP contribution >= 0.6 is 0 Å². The van der Waals surface area contributed by atoms with Crippen LogP contribution in [0.15, 0.2) is 200 Å². The second-order valence-corrected chi connectivity index (χ2v) is 17.0. The molecule has 10 rings (SSSR count). The molecule has 0 amide bonds. The minimum Gasteiger partial charge on any atom is -0.309 e. The first kappa shape index (κ1) is 28.8. The van der Waals surface area contributed by atoms with Crippen LogP contribution in [0.25, 0.3) is 60.9 Å². The molecule has 0 spiro atoms. The zero-order valence-electron chi connectivity index (χ0n) is 27.5. The van der Waals surface area contributed by atoms with Gasteiger partial charge in [0.25, 0.3) is 0 Å². The molecule has 1 aliphatic rings. The van der Waals surface area contributed by atoms with Gasteiger partial charge in [-0.25, -0.2) is 0 Å². The molecule has 2 heterocycles. The summed E-state index contributed by atoms with van der Waals surface area (Å²) in [5, 5.41) is 8.26. The second-order valence-electron chi connectivity index (χ2n) is 13.3. The summed E-state index contributed by atoms with van der Waals surface area (Å²) in [4.78, 5) is 0. The van der Waals surface area contributed by atoms with Crippen molar-refractivity contribution in [3.63, 3.8) is 0 Å². The smallest absolute Gasteiger partial charge is 0.180 e. The summed E-state index contributed by atoms with van der Waals surface area (Å²) in [5.74, 6) is 0. The molecular weight excluding hydrogens is 619 g/mol. The van der Waals surface area contributed by atoms with Gasteiger partial charge in [-0.1, -0.05) is 164 Å². The fourth-order valence-electron chi connectivity index (χ4n) is 8.49. The van der Waals surface area contributed by atoms with Crippen molar-refractivity contribution in [3.8, 4) is 39.1 Å². The molecule has 0 bridgehead atoms. The first-order valence-corrected chi connectivity index (χ1v) is 19.4. The van der Waals surface area contributed by atoms with Gasteiger partial charge in [0.2, 0.25) is 0 Å². The Morgan fingerprint density at radius 2 is 0.780 bits per heavy atom. The van der Waals surface area contributed by atoms with E-state index in [9.17, 15) is 0 Å². The molecule has 0 fully saturated rings. The fourth-order valence-corrected chi connectivity index (χ4v) is 13.7. The van der Waals surface area contributed by atoms with E-state index in [-0.39, 0.29) is 0 Å². The Labute approximate surface area is 293 Å². The van der Waals surface area contributed by atoms with Gasteiger partial charge < -0.3 is 4.57 Å². The van der Waals surface area contributed by atoms with Crippen LogP contribution in [0.2, 0.25) is 0 Å². The molecule has 50 heavy (non-hydrogen) atoms. The lowest BCUT2D eigenvalue weighted by Gasteiger charge is -2.31. The van der Waals surface area contributed by atoms with E-state index in [1.54, 1.807) is 0 Å². The predicted octanol–water partition coefficient (Wildman–Crippen LogP) is 9.48. The lowest BCUT2D eigenvalue weighted by molar-refractivity contribution is 1.18. The molecule has 0 atom stereocenters. The van der Waals surface area contributed by atoms with Gasteiger partial charge in [-0.05, 0) is 90.5 Å². The molecule has 9 aromatic rings. The summed E-state index contributed by atoms with van der Waals surface area (Å²) in [7, 11) is -2.62. The lowest BCUT2D eigenvalue weighted by Crippen LogP contribution is -2.72. The summed E-state index contributed by atoms with van der Waals surface area (Å²) in [6.07, 6.45) is 0. The molecule has 0 aliphatic carbocycles. The van der Waals surface area contributed by atoms with Crippen LogP contribution in [0.3, 0.4) is 0 Å². The van der Waals surface area contributed by atoms with Crippen LogP contribution in [0.4, 0.5) is 0 Å². The topological polar surface area (TPSA) is 4.93 Å². The quantitative estimate of drug-likeness (QED) is 0.163. The minimum absolute atomic E-state index is 1.19. The predicted molar refractivity (Wildman–Crippen MR) is 214 cm³/mol. The maximum absolute atomic E-state index is 2.62. The van der Waals surface area contributed by atoms with Crippen molar-refractivity contribution in [2.24, 2.45) is 0 Å². The van der Waals surface area contributed by atoms with E-state index >= 15 is 0 Å². The van der Waals surface area contributed by atoms with Crippen LogP contribution in [0, 0.1) is 0 Å². The number of benzene rings is 8. The zero-order chi connectivity index (χ0) is 33.1. The average molecular weight is 652 g/mol. The molecule has 234 valence electrons. The van der Waals surface area contributed by atoms with E-state index in [0.717, 1.165) is 0 Å². The normalized spacial score (nSPS) is 13.0. The van der Waals surface area contributed by atoms with Crippen LogP contribution in [0.5, 0.6) is 0 Å². The maximum atomic E-state index is 2.52. The second kappa shape index (κ2) is 11.4. The fraction of sp³-hybridized carbons (Fsp3) is 0. The highest BCUT2D eigenvalue weighted by Gasteiger charge is 2.48. The molecule has 1 aliphatic heterocycles. The summed E-state index contributed by atoms with van der Waals surface area (Å²) >= 11 is 0. The van der Waals surface area contributed by atoms with Crippen molar-refractivity contribution in [2.45, 2.75) is 0 Å².